The van der Waals surface area contributed by atoms with E-state index in [0.717, 1.165) is 43.1 Å². The maximum atomic E-state index is 12.0. The van der Waals surface area contributed by atoms with Crippen molar-refractivity contribution < 1.29 is 9.90 Å². The Bertz CT molecular complexity index is 453. The second kappa shape index (κ2) is 7.04. The minimum absolute atomic E-state index is 0.0141. The summed E-state index contributed by atoms with van der Waals surface area (Å²) < 4.78 is 0. The first kappa shape index (κ1) is 15.3. The third-order valence-electron chi connectivity index (χ3n) is 3.79. The van der Waals surface area contributed by atoms with Gasteiger partial charge < -0.3 is 15.3 Å². The van der Waals surface area contributed by atoms with E-state index in [1.807, 2.05) is 18.7 Å². The van der Waals surface area contributed by atoms with Crippen LogP contribution in [0.3, 0.4) is 0 Å². The first-order valence-corrected chi connectivity index (χ1v) is 7.98. The van der Waals surface area contributed by atoms with Gasteiger partial charge in [-0.25, -0.2) is 9.78 Å². The molecule has 112 valence electrons. The molecular weight excluding hydrogens is 274 g/mol. The van der Waals surface area contributed by atoms with Gasteiger partial charge >= 0.3 is 6.03 Å². The normalized spacial score (nSPS) is 16.4. The molecule has 1 aliphatic rings. The zero-order valence-electron chi connectivity index (χ0n) is 12.2. The highest BCUT2D eigenvalue weighted by molar-refractivity contribution is 7.11. The van der Waals surface area contributed by atoms with Crippen molar-refractivity contribution in [2.75, 3.05) is 26.2 Å². The molecule has 1 aromatic rings. The van der Waals surface area contributed by atoms with Crippen LogP contribution in [0.4, 0.5) is 4.79 Å². The number of amides is 2. The van der Waals surface area contributed by atoms with Crippen molar-refractivity contribution in [2.45, 2.75) is 33.1 Å². The molecule has 0 aromatic carbocycles. The lowest BCUT2D eigenvalue weighted by Gasteiger charge is -2.31. The Balaban J connectivity index is 1.72. The smallest absolute Gasteiger partial charge is 0.317 e. The molecule has 1 aromatic heterocycles. The number of nitrogens with zero attached hydrogens (tertiary/aromatic N) is 2. The van der Waals surface area contributed by atoms with Crippen molar-refractivity contribution in [3.63, 3.8) is 0 Å². The molecule has 0 aliphatic carbocycles. The van der Waals surface area contributed by atoms with E-state index in [1.165, 1.54) is 4.88 Å². The number of aliphatic hydroxyl groups is 1. The summed E-state index contributed by atoms with van der Waals surface area (Å²) in [5, 5.41) is 13.1. The number of hydrogen-bond donors (Lipinski definition) is 2. The predicted molar refractivity (Wildman–Crippen MR) is 80.1 cm³/mol. The molecule has 1 saturated heterocycles. The molecule has 1 aliphatic heterocycles. The Morgan fingerprint density at radius 3 is 2.70 bits per heavy atom. The van der Waals surface area contributed by atoms with Crippen molar-refractivity contribution in [1.82, 2.24) is 15.2 Å². The van der Waals surface area contributed by atoms with Crippen LogP contribution in [0, 0.1) is 19.8 Å². The number of aryl methyl sites for hydroxylation is 2. The average molecular weight is 297 g/mol. The summed E-state index contributed by atoms with van der Waals surface area (Å²) in [7, 11) is 0. The Hall–Kier alpha value is -1.14. The molecule has 2 amide bonds. The van der Waals surface area contributed by atoms with Crippen LogP contribution in [0.2, 0.25) is 0 Å². The van der Waals surface area contributed by atoms with E-state index in [9.17, 15) is 4.79 Å². The van der Waals surface area contributed by atoms with Crippen molar-refractivity contribution in [1.29, 1.82) is 0 Å². The average Bonchev–Trinajstić information content (AvgIpc) is 2.77. The molecule has 2 heterocycles. The first-order chi connectivity index (χ1) is 9.60. The fourth-order valence-electron chi connectivity index (χ4n) is 2.52. The molecule has 0 saturated carbocycles. The van der Waals surface area contributed by atoms with Gasteiger partial charge in [-0.05, 0) is 32.6 Å². The van der Waals surface area contributed by atoms with Gasteiger partial charge in [0.2, 0.25) is 0 Å². The van der Waals surface area contributed by atoms with E-state index >= 15 is 0 Å². The second-order valence-electron chi connectivity index (χ2n) is 5.34. The first-order valence-electron chi connectivity index (χ1n) is 7.16. The van der Waals surface area contributed by atoms with E-state index in [0.29, 0.717) is 12.5 Å². The summed E-state index contributed by atoms with van der Waals surface area (Å²) in [4.78, 5) is 19.5. The quantitative estimate of drug-likeness (QED) is 0.889. The number of carbonyl (C=O) groups is 1. The van der Waals surface area contributed by atoms with E-state index in [4.69, 9.17) is 5.11 Å². The molecule has 0 unspecified atom stereocenters. The molecule has 5 nitrogen and oxygen atoms in total. The van der Waals surface area contributed by atoms with Crippen molar-refractivity contribution >= 4 is 17.4 Å². The maximum Gasteiger partial charge on any atom is 0.317 e. The van der Waals surface area contributed by atoms with E-state index in [2.05, 4.69) is 10.3 Å². The second-order valence-corrected chi connectivity index (χ2v) is 6.62. The fraction of sp³-hybridized carbons (Fsp3) is 0.714. The SMILES string of the molecule is Cc1nc(C)c(CCNC(=O)N2CCC(CO)CC2)s1. The number of piperidine rings is 1. The van der Waals surface area contributed by atoms with Gasteiger partial charge in [0, 0.05) is 37.5 Å². The number of thiazole rings is 1. The lowest BCUT2D eigenvalue weighted by Crippen LogP contribution is -2.45. The third-order valence-corrected chi connectivity index (χ3v) is 4.92. The molecule has 0 radical (unpaired) electrons. The summed E-state index contributed by atoms with van der Waals surface area (Å²) >= 11 is 1.70. The van der Waals surface area contributed by atoms with Gasteiger partial charge in [0.1, 0.15) is 0 Å². The zero-order valence-corrected chi connectivity index (χ0v) is 13.0. The third kappa shape index (κ3) is 3.93. The summed E-state index contributed by atoms with van der Waals surface area (Å²) in [6, 6.07) is 0.0141. The van der Waals surface area contributed by atoms with Crippen LogP contribution in [-0.4, -0.2) is 47.3 Å². The molecular formula is C14H23N3O2S. The van der Waals surface area contributed by atoms with Crippen LogP contribution < -0.4 is 5.32 Å². The number of likely N-dealkylation sites (tertiary alicyclic amines) is 1. The number of urea groups is 1. The number of carbonyl (C=O) groups excluding carboxylic acids is 1. The molecule has 2 N–H and O–H groups in total. The summed E-state index contributed by atoms with van der Waals surface area (Å²) in [6.45, 7) is 6.40. The molecule has 0 bridgehead atoms. The van der Waals surface area contributed by atoms with Gasteiger partial charge in [-0.1, -0.05) is 0 Å². The Morgan fingerprint density at radius 1 is 1.45 bits per heavy atom. The number of aliphatic hydroxyl groups excluding tert-OH is 1. The van der Waals surface area contributed by atoms with Gasteiger partial charge in [0.05, 0.1) is 10.7 Å². The summed E-state index contributed by atoms with van der Waals surface area (Å²) in [5.74, 6) is 0.363. The molecule has 20 heavy (non-hydrogen) atoms. The Morgan fingerprint density at radius 2 is 2.15 bits per heavy atom. The minimum Gasteiger partial charge on any atom is -0.396 e. The zero-order chi connectivity index (χ0) is 14.5. The summed E-state index contributed by atoms with van der Waals surface area (Å²) in [6.07, 6.45) is 2.64. The lowest BCUT2D eigenvalue weighted by atomic mass is 9.98. The fourth-order valence-corrected chi connectivity index (χ4v) is 3.46. The summed E-state index contributed by atoms with van der Waals surface area (Å²) in [5.41, 5.74) is 1.07. The van der Waals surface area contributed by atoms with Crippen LogP contribution in [0.15, 0.2) is 0 Å². The van der Waals surface area contributed by atoms with Crippen molar-refractivity contribution in [3.05, 3.63) is 15.6 Å². The van der Waals surface area contributed by atoms with Crippen LogP contribution in [-0.2, 0) is 6.42 Å². The maximum absolute atomic E-state index is 12.0. The monoisotopic (exact) mass is 297 g/mol. The molecule has 1 fully saturated rings. The number of aromatic nitrogens is 1. The van der Waals surface area contributed by atoms with E-state index < -0.39 is 0 Å². The Kier molecular flexibility index (Phi) is 5.37. The molecule has 6 heteroatoms. The largest absolute Gasteiger partial charge is 0.396 e. The van der Waals surface area contributed by atoms with Gasteiger partial charge in [0.15, 0.2) is 0 Å². The van der Waals surface area contributed by atoms with Gasteiger partial charge in [0.25, 0.3) is 0 Å². The topological polar surface area (TPSA) is 65.5 Å². The number of rotatable bonds is 4. The van der Waals surface area contributed by atoms with Gasteiger partial charge in [-0.15, -0.1) is 11.3 Å². The number of nitrogens with one attached hydrogen (secondary N) is 1. The van der Waals surface area contributed by atoms with E-state index in [1.54, 1.807) is 11.3 Å². The van der Waals surface area contributed by atoms with E-state index in [-0.39, 0.29) is 12.6 Å². The van der Waals surface area contributed by atoms with Crippen LogP contribution in [0.5, 0.6) is 0 Å². The highest BCUT2D eigenvalue weighted by Gasteiger charge is 2.21. The highest BCUT2D eigenvalue weighted by atomic mass is 32.1. The lowest BCUT2D eigenvalue weighted by molar-refractivity contribution is 0.137. The molecule has 2 rings (SSSR count). The van der Waals surface area contributed by atoms with Crippen LogP contribution >= 0.6 is 11.3 Å². The van der Waals surface area contributed by atoms with Crippen molar-refractivity contribution in [3.8, 4) is 0 Å². The minimum atomic E-state index is 0.0141. The van der Waals surface area contributed by atoms with Crippen LogP contribution in [0.1, 0.15) is 28.4 Å². The van der Waals surface area contributed by atoms with Crippen LogP contribution in [0.25, 0.3) is 0 Å². The Labute approximate surface area is 124 Å². The standard InChI is InChI=1S/C14H23N3O2S/c1-10-13(20-11(2)16-10)3-6-15-14(19)17-7-4-12(9-18)5-8-17/h12,18H,3-9H2,1-2H3,(H,15,19). The molecule has 0 spiro atoms. The van der Waals surface area contributed by atoms with Crippen molar-refractivity contribution in [2.24, 2.45) is 5.92 Å². The highest BCUT2D eigenvalue weighted by Crippen LogP contribution is 2.18. The number of hydrogen-bond acceptors (Lipinski definition) is 4. The van der Waals surface area contributed by atoms with Gasteiger partial charge in [-0.3, -0.25) is 0 Å². The molecule has 0 atom stereocenters. The van der Waals surface area contributed by atoms with Gasteiger partial charge in [-0.2, -0.15) is 0 Å². The predicted octanol–water partition coefficient (Wildman–Crippen LogP) is 1.72.